The van der Waals surface area contributed by atoms with Crippen LogP contribution in [-0.4, -0.2) is 29.2 Å². The topological polar surface area (TPSA) is 78.4 Å². The Morgan fingerprint density at radius 3 is 2.58 bits per heavy atom. The van der Waals surface area contributed by atoms with E-state index in [9.17, 15) is 9.59 Å². The number of hydrogen-bond acceptors (Lipinski definition) is 2. The van der Waals surface area contributed by atoms with Crippen LogP contribution in [0, 0.1) is 24.2 Å². The number of aliphatic carboxylic acids is 1. The minimum absolute atomic E-state index is 0.0130. The zero-order valence-corrected chi connectivity index (χ0v) is 11.5. The zero-order chi connectivity index (χ0) is 14.4. The van der Waals surface area contributed by atoms with Gasteiger partial charge in [-0.25, -0.2) is 9.59 Å². The maximum atomic E-state index is 11.7. The third-order valence-corrected chi connectivity index (χ3v) is 3.86. The van der Waals surface area contributed by atoms with Crippen molar-refractivity contribution in [3.05, 3.63) is 0 Å². The van der Waals surface area contributed by atoms with Gasteiger partial charge in [0.25, 0.3) is 0 Å². The Bertz CT molecular complexity index is 375. The molecule has 19 heavy (non-hydrogen) atoms. The van der Waals surface area contributed by atoms with Crippen molar-refractivity contribution in [3.63, 3.8) is 0 Å². The van der Waals surface area contributed by atoms with E-state index < -0.39 is 18.0 Å². The smallest absolute Gasteiger partial charge is 0.327 e. The first-order valence-electron chi connectivity index (χ1n) is 6.67. The van der Waals surface area contributed by atoms with Crippen molar-refractivity contribution in [3.8, 4) is 12.3 Å². The molecule has 0 bridgehead atoms. The normalized spacial score (nSPS) is 27.9. The maximum Gasteiger partial charge on any atom is 0.327 e. The lowest BCUT2D eigenvalue weighted by molar-refractivity contribution is -0.139. The van der Waals surface area contributed by atoms with E-state index in [1.165, 1.54) is 0 Å². The molecule has 0 aromatic carbocycles. The second kappa shape index (κ2) is 7.03. The van der Waals surface area contributed by atoms with Crippen LogP contribution in [0.3, 0.4) is 0 Å². The van der Waals surface area contributed by atoms with E-state index in [0.717, 1.165) is 19.3 Å². The van der Waals surface area contributed by atoms with Crippen molar-refractivity contribution in [1.29, 1.82) is 0 Å². The Labute approximate surface area is 114 Å². The summed E-state index contributed by atoms with van der Waals surface area (Å²) in [7, 11) is 0. The van der Waals surface area contributed by atoms with Gasteiger partial charge in [0, 0.05) is 12.5 Å². The summed E-state index contributed by atoms with van der Waals surface area (Å²) in [6.45, 7) is 4.39. The van der Waals surface area contributed by atoms with Gasteiger partial charge in [-0.2, -0.15) is 0 Å². The highest BCUT2D eigenvalue weighted by atomic mass is 16.4. The van der Waals surface area contributed by atoms with Crippen molar-refractivity contribution < 1.29 is 14.7 Å². The van der Waals surface area contributed by atoms with Crippen LogP contribution in [0.5, 0.6) is 0 Å². The Balaban J connectivity index is 2.42. The summed E-state index contributed by atoms with van der Waals surface area (Å²) in [5.41, 5.74) is 0. The highest BCUT2D eigenvalue weighted by molar-refractivity contribution is 5.82. The molecule has 0 aliphatic heterocycles. The van der Waals surface area contributed by atoms with Gasteiger partial charge in [0.2, 0.25) is 0 Å². The SMILES string of the molecule is C#CCC(NC(=O)NC1CCC(C)C(C)C1)C(=O)O. The molecule has 106 valence electrons. The van der Waals surface area contributed by atoms with Crippen LogP contribution in [0.1, 0.15) is 39.5 Å². The van der Waals surface area contributed by atoms with Crippen molar-refractivity contribution >= 4 is 12.0 Å². The average Bonchev–Trinajstić information content (AvgIpc) is 2.33. The van der Waals surface area contributed by atoms with Gasteiger partial charge in [0.05, 0.1) is 0 Å². The van der Waals surface area contributed by atoms with Gasteiger partial charge in [-0.3, -0.25) is 0 Å². The lowest BCUT2D eigenvalue weighted by atomic mass is 9.79. The van der Waals surface area contributed by atoms with Crippen LogP contribution in [-0.2, 0) is 4.79 Å². The number of carbonyl (C=O) groups excluding carboxylic acids is 1. The summed E-state index contributed by atoms with van der Waals surface area (Å²) in [5.74, 6) is 2.38. The number of rotatable bonds is 4. The molecule has 1 aliphatic carbocycles. The monoisotopic (exact) mass is 266 g/mol. The predicted molar refractivity (Wildman–Crippen MR) is 72.5 cm³/mol. The average molecular weight is 266 g/mol. The fraction of sp³-hybridized carbons (Fsp3) is 0.714. The van der Waals surface area contributed by atoms with Crippen LogP contribution >= 0.6 is 0 Å². The van der Waals surface area contributed by atoms with Crippen LogP contribution in [0.4, 0.5) is 4.79 Å². The van der Waals surface area contributed by atoms with E-state index in [0.29, 0.717) is 11.8 Å². The summed E-state index contributed by atoms with van der Waals surface area (Å²) in [4.78, 5) is 22.6. The molecule has 4 atom stereocenters. The molecule has 0 radical (unpaired) electrons. The van der Waals surface area contributed by atoms with E-state index >= 15 is 0 Å². The van der Waals surface area contributed by atoms with E-state index in [4.69, 9.17) is 11.5 Å². The van der Waals surface area contributed by atoms with Gasteiger partial charge in [0.15, 0.2) is 0 Å². The molecule has 4 unspecified atom stereocenters. The summed E-state index contributed by atoms with van der Waals surface area (Å²) in [6.07, 6.45) is 8.01. The van der Waals surface area contributed by atoms with Gasteiger partial charge < -0.3 is 15.7 Å². The quantitative estimate of drug-likeness (QED) is 0.676. The Hall–Kier alpha value is -1.70. The molecular formula is C14H22N2O3. The minimum Gasteiger partial charge on any atom is -0.480 e. The van der Waals surface area contributed by atoms with Crippen molar-refractivity contribution in [2.75, 3.05) is 0 Å². The van der Waals surface area contributed by atoms with E-state index in [-0.39, 0.29) is 12.5 Å². The van der Waals surface area contributed by atoms with Crippen LogP contribution < -0.4 is 10.6 Å². The molecule has 5 heteroatoms. The third kappa shape index (κ3) is 4.82. The number of amides is 2. The van der Waals surface area contributed by atoms with Crippen molar-refractivity contribution in [2.45, 2.75) is 51.6 Å². The van der Waals surface area contributed by atoms with Gasteiger partial charge in [0.1, 0.15) is 6.04 Å². The van der Waals surface area contributed by atoms with Crippen LogP contribution in [0.2, 0.25) is 0 Å². The van der Waals surface area contributed by atoms with Gasteiger partial charge in [-0.15, -0.1) is 12.3 Å². The lowest BCUT2D eigenvalue weighted by Gasteiger charge is -2.32. The minimum atomic E-state index is -1.11. The summed E-state index contributed by atoms with van der Waals surface area (Å²) in [5, 5.41) is 14.1. The molecule has 2 amide bonds. The molecule has 1 aliphatic rings. The molecule has 1 saturated carbocycles. The van der Waals surface area contributed by atoms with Crippen molar-refractivity contribution in [1.82, 2.24) is 10.6 Å². The molecule has 0 heterocycles. The standard InChI is InChI=1S/C14H22N2O3/c1-4-5-12(13(17)18)16-14(19)15-11-7-6-9(2)10(3)8-11/h1,9-12H,5-8H2,2-3H3,(H,17,18)(H2,15,16,19). The number of urea groups is 1. The fourth-order valence-corrected chi connectivity index (χ4v) is 2.38. The second-order valence-electron chi connectivity index (χ2n) is 5.38. The summed E-state index contributed by atoms with van der Waals surface area (Å²) < 4.78 is 0. The first-order chi connectivity index (χ1) is 8.93. The van der Waals surface area contributed by atoms with Gasteiger partial charge in [-0.1, -0.05) is 13.8 Å². The van der Waals surface area contributed by atoms with E-state index in [1.54, 1.807) is 0 Å². The first-order valence-corrected chi connectivity index (χ1v) is 6.67. The lowest BCUT2D eigenvalue weighted by Crippen LogP contribution is -2.50. The molecule has 5 nitrogen and oxygen atoms in total. The molecule has 0 saturated heterocycles. The molecule has 0 aromatic heterocycles. The maximum absolute atomic E-state index is 11.7. The second-order valence-corrected chi connectivity index (χ2v) is 5.38. The Morgan fingerprint density at radius 1 is 1.37 bits per heavy atom. The molecule has 1 rings (SSSR count). The summed E-state index contributed by atoms with van der Waals surface area (Å²) >= 11 is 0. The fourth-order valence-electron chi connectivity index (χ4n) is 2.38. The van der Waals surface area contributed by atoms with E-state index in [1.807, 2.05) is 0 Å². The highest BCUT2D eigenvalue weighted by Gasteiger charge is 2.26. The zero-order valence-electron chi connectivity index (χ0n) is 11.5. The first kappa shape index (κ1) is 15.4. The van der Waals surface area contributed by atoms with Crippen LogP contribution in [0.25, 0.3) is 0 Å². The number of nitrogens with one attached hydrogen (secondary N) is 2. The van der Waals surface area contributed by atoms with E-state index in [2.05, 4.69) is 30.4 Å². The Morgan fingerprint density at radius 2 is 2.05 bits per heavy atom. The summed E-state index contributed by atoms with van der Waals surface area (Å²) in [6, 6.07) is -1.36. The molecule has 0 spiro atoms. The number of hydrogen-bond donors (Lipinski definition) is 3. The number of carbonyl (C=O) groups is 2. The third-order valence-electron chi connectivity index (χ3n) is 3.86. The highest BCUT2D eigenvalue weighted by Crippen LogP contribution is 2.29. The molecule has 0 aromatic rings. The Kier molecular flexibility index (Phi) is 5.68. The van der Waals surface area contributed by atoms with Gasteiger partial charge in [-0.05, 0) is 31.1 Å². The number of carboxylic acid groups (broad SMARTS) is 1. The molecule has 3 N–H and O–H groups in total. The number of carboxylic acids is 1. The predicted octanol–water partition coefficient (Wildman–Crippen LogP) is 1.59. The molecular weight excluding hydrogens is 244 g/mol. The van der Waals surface area contributed by atoms with Gasteiger partial charge >= 0.3 is 12.0 Å². The number of terminal acetylenes is 1. The molecule has 1 fully saturated rings. The van der Waals surface area contributed by atoms with Crippen molar-refractivity contribution in [2.24, 2.45) is 11.8 Å². The largest absolute Gasteiger partial charge is 0.480 e. The van der Waals surface area contributed by atoms with Crippen LogP contribution in [0.15, 0.2) is 0 Å².